The highest BCUT2D eigenvalue weighted by molar-refractivity contribution is 6.32. The van der Waals surface area contributed by atoms with E-state index in [0.29, 0.717) is 28.3 Å². The van der Waals surface area contributed by atoms with Crippen LogP contribution in [0.5, 0.6) is 5.75 Å². The van der Waals surface area contributed by atoms with Crippen LogP contribution in [0.15, 0.2) is 77.8 Å². The first kappa shape index (κ1) is 17.6. The molecule has 3 aromatic rings. The lowest BCUT2D eigenvalue weighted by Gasteiger charge is -2.11. The summed E-state index contributed by atoms with van der Waals surface area (Å²) in [4.78, 5) is 28.3. The van der Waals surface area contributed by atoms with E-state index in [0.717, 1.165) is 5.56 Å². The maximum atomic E-state index is 13.1. The number of Topliss-reactive ketones (excluding diaryl/α,β-unsaturated/α-hetero) is 1. The summed E-state index contributed by atoms with van der Waals surface area (Å²) in [5.41, 5.74) is 3.34. The third-order valence-electron chi connectivity index (χ3n) is 4.74. The summed E-state index contributed by atoms with van der Waals surface area (Å²) in [6.07, 6.45) is 0. The molecule has 0 aromatic heterocycles. The average molecular weight is 372 g/mol. The predicted octanol–water partition coefficient (Wildman–Crippen LogP) is 4.70. The summed E-state index contributed by atoms with van der Waals surface area (Å²) >= 11 is 0. The van der Waals surface area contributed by atoms with E-state index in [1.54, 1.807) is 31.4 Å². The molecule has 1 atom stereocenters. The number of aliphatic imine (C=N–C) groups is 1. The molecule has 3 aromatic carbocycles. The summed E-state index contributed by atoms with van der Waals surface area (Å²) in [6.45, 7) is 0. The van der Waals surface area contributed by atoms with Crippen LogP contribution < -0.4 is 4.74 Å². The van der Waals surface area contributed by atoms with Crippen molar-refractivity contribution >= 4 is 22.9 Å². The number of hydrogen-bond donors (Lipinski definition) is 0. The number of methoxy groups -OCH3 is 1. The lowest BCUT2D eigenvalue weighted by molar-refractivity contribution is -0.384. The maximum Gasteiger partial charge on any atom is 0.269 e. The van der Waals surface area contributed by atoms with Crippen molar-refractivity contribution in [3.63, 3.8) is 0 Å². The van der Waals surface area contributed by atoms with E-state index in [9.17, 15) is 14.9 Å². The van der Waals surface area contributed by atoms with Crippen molar-refractivity contribution in [3.05, 3.63) is 99.6 Å². The smallest absolute Gasteiger partial charge is 0.269 e. The number of hydrogen-bond acceptors (Lipinski definition) is 5. The van der Waals surface area contributed by atoms with E-state index in [4.69, 9.17) is 9.73 Å². The van der Waals surface area contributed by atoms with Gasteiger partial charge in [-0.3, -0.25) is 19.9 Å². The summed E-state index contributed by atoms with van der Waals surface area (Å²) in [6, 6.07) is 20.7. The van der Waals surface area contributed by atoms with E-state index < -0.39 is 10.8 Å². The van der Waals surface area contributed by atoms with Crippen LogP contribution in [-0.4, -0.2) is 23.5 Å². The Hall–Kier alpha value is -3.80. The average Bonchev–Trinajstić information content (AvgIpc) is 3.00. The van der Waals surface area contributed by atoms with Crippen LogP contribution >= 0.6 is 0 Å². The highest BCUT2D eigenvalue weighted by Gasteiger charge is 2.37. The highest BCUT2D eigenvalue weighted by atomic mass is 16.6. The number of benzene rings is 3. The minimum absolute atomic E-state index is 0.0157. The van der Waals surface area contributed by atoms with Crippen molar-refractivity contribution in [2.75, 3.05) is 7.11 Å². The fourth-order valence-electron chi connectivity index (χ4n) is 3.40. The van der Waals surface area contributed by atoms with Crippen molar-refractivity contribution in [2.24, 2.45) is 4.99 Å². The Morgan fingerprint density at radius 1 is 0.964 bits per heavy atom. The number of carbonyl (C=O) groups excluding carboxylic acids is 1. The van der Waals surface area contributed by atoms with Gasteiger partial charge < -0.3 is 4.74 Å². The van der Waals surface area contributed by atoms with E-state index in [-0.39, 0.29) is 11.5 Å². The molecule has 0 aliphatic heterocycles. The number of rotatable bonds is 4. The minimum Gasteiger partial charge on any atom is -0.497 e. The first-order valence-electron chi connectivity index (χ1n) is 8.69. The number of nitro benzene ring substituents is 1. The molecule has 28 heavy (non-hydrogen) atoms. The molecule has 0 saturated carbocycles. The van der Waals surface area contributed by atoms with Gasteiger partial charge in [-0.1, -0.05) is 42.5 Å². The second kappa shape index (κ2) is 7.08. The van der Waals surface area contributed by atoms with Gasteiger partial charge in [0.1, 0.15) is 5.75 Å². The molecular formula is C22H16N2O4. The highest BCUT2D eigenvalue weighted by Crippen LogP contribution is 2.37. The molecule has 0 heterocycles. The first-order chi connectivity index (χ1) is 13.6. The van der Waals surface area contributed by atoms with Gasteiger partial charge in [-0.05, 0) is 17.7 Å². The molecule has 0 saturated heterocycles. The number of ether oxygens (including phenoxy) is 1. The van der Waals surface area contributed by atoms with Crippen LogP contribution in [0.4, 0.5) is 11.4 Å². The molecule has 1 aliphatic carbocycles. The fraction of sp³-hybridized carbons (Fsp3) is 0.0909. The topological polar surface area (TPSA) is 81.8 Å². The summed E-state index contributed by atoms with van der Waals surface area (Å²) in [5, 5.41) is 10.9. The molecular weight excluding hydrogens is 356 g/mol. The maximum absolute atomic E-state index is 13.1. The van der Waals surface area contributed by atoms with E-state index >= 15 is 0 Å². The van der Waals surface area contributed by atoms with E-state index in [2.05, 4.69) is 0 Å². The quantitative estimate of drug-likeness (QED) is 0.491. The molecule has 4 rings (SSSR count). The predicted molar refractivity (Wildman–Crippen MR) is 106 cm³/mol. The molecule has 0 radical (unpaired) electrons. The molecule has 6 nitrogen and oxygen atoms in total. The summed E-state index contributed by atoms with van der Waals surface area (Å²) in [7, 11) is 1.58. The van der Waals surface area contributed by atoms with Crippen LogP contribution in [-0.2, 0) is 0 Å². The summed E-state index contributed by atoms with van der Waals surface area (Å²) in [5.74, 6) is 0.00171. The number of non-ortho nitro benzene ring substituents is 1. The van der Waals surface area contributed by atoms with Crippen LogP contribution in [0.3, 0.4) is 0 Å². The third-order valence-corrected chi connectivity index (χ3v) is 4.74. The Morgan fingerprint density at radius 3 is 2.36 bits per heavy atom. The zero-order valence-corrected chi connectivity index (χ0v) is 15.0. The lowest BCUT2D eigenvalue weighted by atomic mass is 9.93. The van der Waals surface area contributed by atoms with Gasteiger partial charge in [0.15, 0.2) is 5.78 Å². The van der Waals surface area contributed by atoms with Crippen LogP contribution in [0, 0.1) is 10.1 Å². The number of ketones is 1. The van der Waals surface area contributed by atoms with Crippen LogP contribution in [0.2, 0.25) is 0 Å². The molecule has 0 amide bonds. The molecule has 6 heteroatoms. The Morgan fingerprint density at radius 2 is 1.68 bits per heavy atom. The SMILES string of the molecule is COc1cccc(N=C2c3ccccc3C(=O)[C@H]2c2ccc([N+](=O)[O-])cc2)c1. The molecule has 0 N–H and O–H groups in total. The molecule has 0 bridgehead atoms. The van der Waals surface area contributed by atoms with Gasteiger partial charge in [-0.25, -0.2) is 0 Å². The van der Waals surface area contributed by atoms with Crippen molar-refractivity contribution in [3.8, 4) is 5.75 Å². The van der Waals surface area contributed by atoms with Gasteiger partial charge in [0.05, 0.1) is 29.4 Å². The minimum atomic E-state index is -0.607. The van der Waals surface area contributed by atoms with Crippen molar-refractivity contribution in [1.29, 1.82) is 0 Å². The third kappa shape index (κ3) is 3.05. The van der Waals surface area contributed by atoms with Gasteiger partial charge in [0, 0.05) is 29.3 Å². The normalized spacial score (nSPS) is 16.8. The van der Waals surface area contributed by atoms with E-state index in [1.165, 1.54) is 12.1 Å². The second-order valence-corrected chi connectivity index (χ2v) is 6.39. The largest absolute Gasteiger partial charge is 0.497 e. The zero-order valence-electron chi connectivity index (χ0n) is 15.0. The Balaban J connectivity index is 1.85. The van der Waals surface area contributed by atoms with Crippen LogP contribution in [0.1, 0.15) is 27.4 Å². The molecule has 0 fully saturated rings. The number of carbonyl (C=O) groups is 1. The van der Waals surface area contributed by atoms with Crippen molar-refractivity contribution in [1.82, 2.24) is 0 Å². The zero-order chi connectivity index (χ0) is 19.7. The number of nitro groups is 1. The van der Waals surface area contributed by atoms with Gasteiger partial charge in [-0.2, -0.15) is 0 Å². The fourth-order valence-corrected chi connectivity index (χ4v) is 3.40. The lowest BCUT2D eigenvalue weighted by Crippen LogP contribution is -2.13. The molecule has 0 spiro atoms. The second-order valence-electron chi connectivity index (χ2n) is 6.39. The molecule has 0 unspecified atom stereocenters. The Labute approximate surface area is 161 Å². The van der Waals surface area contributed by atoms with E-state index in [1.807, 2.05) is 36.4 Å². The Kier molecular flexibility index (Phi) is 4.45. The standard InChI is InChI=1S/C22H16N2O4/c1-28-17-6-4-5-15(13-17)23-21-18-7-2-3-8-19(18)22(25)20(21)14-9-11-16(12-10-14)24(26)27/h2-13,20H,1H3/t20-/m0/s1. The van der Waals surface area contributed by atoms with Crippen molar-refractivity contribution in [2.45, 2.75) is 5.92 Å². The van der Waals surface area contributed by atoms with Crippen molar-refractivity contribution < 1.29 is 14.5 Å². The van der Waals surface area contributed by atoms with Gasteiger partial charge in [0.25, 0.3) is 5.69 Å². The Bertz CT molecular complexity index is 1100. The van der Waals surface area contributed by atoms with Gasteiger partial charge in [-0.15, -0.1) is 0 Å². The monoisotopic (exact) mass is 372 g/mol. The van der Waals surface area contributed by atoms with Crippen LogP contribution in [0.25, 0.3) is 0 Å². The molecule has 138 valence electrons. The number of fused-ring (bicyclic) bond motifs is 1. The molecule has 1 aliphatic rings. The van der Waals surface area contributed by atoms with Gasteiger partial charge in [0.2, 0.25) is 0 Å². The summed E-state index contributed by atoms with van der Waals surface area (Å²) < 4.78 is 5.26. The number of nitrogens with zero attached hydrogens (tertiary/aromatic N) is 2. The first-order valence-corrected chi connectivity index (χ1v) is 8.69. The van der Waals surface area contributed by atoms with Gasteiger partial charge >= 0.3 is 0 Å².